The lowest BCUT2D eigenvalue weighted by Gasteiger charge is -2.28. The van der Waals surface area contributed by atoms with Gasteiger partial charge in [0, 0.05) is 28.7 Å². The lowest BCUT2D eigenvalue weighted by molar-refractivity contribution is -0.135. The van der Waals surface area contributed by atoms with Crippen molar-refractivity contribution in [2.45, 2.75) is 51.5 Å². The van der Waals surface area contributed by atoms with E-state index in [1.807, 2.05) is 11.0 Å². The highest BCUT2D eigenvalue weighted by molar-refractivity contribution is 7.15. The molecule has 1 N–H and O–H groups in total. The first-order valence-corrected chi connectivity index (χ1v) is 16.0. The summed E-state index contributed by atoms with van der Waals surface area (Å²) < 4.78 is 7.58. The molecule has 3 aromatic heterocycles. The molecule has 220 valence electrons. The minimum Gasteiger partial charge on any atom is -0.478 e. The number of aromatic carboxylic acids is 1. The van der Waals surface area contributed by atoms with Crippen LogP contribution < -0.4 is 0 Å². The molecule has 1 amide bonds. The third-order valence-electron chi connectivity index (χ3n) is 8.98. The molecule has 1 saturated carbocycles. The predicted molar refractivity (Wildman–Crippen MR) is 171 cm³/mol. The average molecular weight is 594 g/mol. The number of morpholine rings is 1. The van der Waals surface area contributed by atoms with Crippen molar-refractivity contribution in [2.75, 3.05) is 26.3 Å². The maximum Gasteiger partial charge on any atom is 0.335 e. The molecule has 2 aromatic carbocycles. The van der Waals surface area contributed by atoms with E-state index >= 15 is 0 Å². The zero-order valence-electron chi connectivity index (χ0n) is 24.3. The molecule has 43 heavy (non-hydrogen) atoms. The summed E-state index contributed by atoms with van der Waals surface area (Å²) in [6, 6.07) is 20.2. The van der Waals surface area contributed by atoms with E-state index in [-0.39, 0.29) is 18.0 Å². The quantitative estimate of drug-likeness (QED) is 0.220. The van der Waals surface area contributed by atoms with Crippen molar-refractivity contribution in [1.29, 1.82) is 0 Å². The molecule has 0 radical (unpaired) electrons. The number of amides is 1. The first-order valence-electron chi connectivity index (χ1n) is 15.2. The Balaban J connectivity index is 1.41. The van der Waals surface area contributed by atoms with Gasteiger partial charge in [0.1, 0.15) is 6.54 Å². The van der Waals surface area contributed by atoms with Gasteiger partial charge in [-0.1, -0.05) is 37.5 Å². The number of carbonyl (C=O) groups excluding carboxylic acids is 1. The second kappa shape index (κ2) is 11.6. The highest BCUT2D eigenvalue weighted by Gasteiger charge is 2.29. The predicted octanol–water partition coefficient (Wildman–Crippen LogP) is 7.50. The largest absolute Gasteiger partial charge is 0.478 e. The third-order valence-corrected chi connectivity index (χ3v) is 10.00. The number of rotatable bonds is 6. The standard InChI is InChI=1S/C35H35N3O4S/c1-22-7-14-31(43-22)29-13-9-24-19-25(10-12-28(24)36-29)34-33(23-5-3-2-4-6-23)27-11-8-26(35(40)41)20-30(27)38(34)21-32(39)37-15-17-42-18-16-37/h7-14,19-20,23H,2-6,15-18,21H2,1H3,(H,40,41). The fourth-order valence-corrected chi connectivity index (χ4v) is 7.66. The molecule has 2 fully saturated rings. The van der Waals surface area contributed by atoms with Crippen molar-refractivity contribution in [3.05, 3.63) is 76.7 Å². The summed E-state index contributed by atoms with van der Waals surface area (Å²) >= 11 is 1.74. The Bertz CT molecular complexity index is 1840. The highest BCUT2D eigenvalue weighted by Crippen LogP contribution is 2.45. The molecule has 2 aliphatic rings. The lowest BCUT2D eigenvalue weighted by atomic mass is 9.81. The zero-order chi connectivity index (χ0) is 29.5. The summed E-state index contributed by atoms with van der Waals surface area (Å²) in [4.78, 5) is 35.0. The van der Waals surface area contributed by atoms with Crippen LogP contribution in [0.25, 0.3) is 43.6 Å². The molecule has 0 unspecified atom stereocenters. The SMILES string of the molecule is Cc1ccc(-c2ccc3cc(-c4c(C5CCCCC5)c5ccc(C(=O)O)cc5n4CC(=O)N4CCOCC4)ccc3n2)s1. The monoisotopic (exact) mass is 593 g/mol. The van der Waals surface area contributed by atoms with E-state index in [2.05, 4.69) is 54.0 Å². The van der Waals surface area contributed by atoms with Gasteiger partial charge in [0.2, 0.25) is 5.91 Å². The Labute approximate surface area is 254 Å². The second-order valence-corrected chi connectivity index (χ2v) is 13.0. The van der Waals surface area contributed by atoms with Gasteiger partial charge in [-0.2, -0.15) is 0 Å². The number of aromatic nitrogens is 2. The number of fused-ring (bicyclic) bond motifs is 2. The van der Waals surface area contributed by atoms with Gasteiger partial charge < -0.3 is 19.3 Å². The van der Waals surface area contributed by atoms with Crippen LogP contribution in [0, 0.1) is 6.92 Å². The van der Waals surface area contributed by atoms with Crippen molar-refractivity contribution < 1.29 is 19.4 Å². The van der Waals surface area contributed by atoms with Gasteiger partial charge in [-0.05, 0) is 79.3 Å². The fraction of sp³-hybridized carbons (Fsp3) is 0.343. The Morgan fingerprint density at radius 1 is 0.977 bits per heavy atom. The van der Waals surface area contributed by atoms with Crippen LogP contribution in [-0.4, -0.2) is 57.7 Å². The number of pyridine rings is 1. The van der Waals surface area contributed by atoms with Crippen LogP contribution in [0.5, 0.6) is 0 Å². The molecular weight excluding hydrogens is 558 g/mol. The number of carbonyl (C=O) groups is 2. The fourth-order valence-electron chi connectivity index (χ4n) is 6.82. The van der Waals surface area contributed by atoms with Gasteiger partial charge in [-0.3, -0.25) is 4.79 Å². The van der Waals surface area contributed by atoms with Gasteiger partial charge in [0.25, 0.3) is 0 Å². The van der Waals surface area contributed by atoms with E-state index in [4.69, 9.17) is 9.72 Å². The summed E-state index contributed by atoms with van der Waals surface area (Å²) in [7, 11) is 0. The van der Waals surface area contributed by atoms with Gasteiger partial charge >= 0.3 is 5.97 Å². The Morgan fingerprint density at radius 2 is 1.79 bits per heavy atom. The molecule has 0 spiro atoms. The van der Waals surface area contributed by atoms with Crippen LogP contribution >= 0.6 is 11.3 Å². The Morgan fingerprint density at radius 3 is 2.53 bits per heavy atom. The topological polar surface area (TPSA) is 84.7 Å². The number of benzene rings is 2. The van der Waals surface area contributed by atoms with Gasteiger partial charge in [-0.15, -0.1) is 11.3 Å². The maximum atomic E-state index is 13.7. The smallest absolute Gasteiger partial charge is 0.335 e. The number of hydrogen-bond acceptors (Lipinski definition) is 5. The van der Waals surface area contributed by atoms with Crippen molar-refractivity contribution in [3.63, 3.8) is 0 Å². The van der Waals surface area contributed by atoms with Crippen LogP contribution in [0.3, 0.4) is 0 Å². The molecule has 1 aliphatic heterocycles. The minimum atomic E-state index is -0.969. The summed E-state index contributed by atoms with van der Waals surface area (Å²) in [6.07, 6.45) is 5.75. The summed E-state index contributed by atoms with van der Waals surface area (Å²) in [5.74, 6) is -0.598. The third kappa shape index (κ3) is 5.34. The minimum absolute atomic E-state index is 0.0238. The number of nitrogens with zero attached hydrogens (tertiary/aromatic N) is 3. The molecule has 1 aliphatic carbocycles. The van der Waals surface area contributed by atoms with Gasteiger partial charge in [0.05, 0.1) is 46.1 Å². The number of aryl methyl sites for hydroxylation is 1. The number of carboxylic acid groups (broad SMARTS) is 1. The summed E-state index contributed by atoms with van der Waals surface area (Å²) in [5, 5.41) is 12.0. The average Bonchev–Trinajstić information content (AvgIpc) is 3.62. The highest BCUT2D eigenvalue weighted by atomic mass is 32.1. The summed E-state index contributed by atoms with van der Waals surface area (Å²) in [6.45, 7) is 4.45. The van der Waals surface area contributed by atoms with Crippen molar-refractivity contribution in [3.8, 4) is 21.8 Å². The van der Waals surface area contributed by atoms with Crippen molar-refractivity contribution in [2.24, 2.45) is 0 Å². The first kappa shape index (κ1) is 27.8. The Hall–Kier alpha value is -4.01. The Kier molecular flexibility index (Phi) is 7.49. The molecule has 5 aromatic rings. The molecule has 4 heterocycles. The summed E-state index contributed by atoms with van der Waals surface area (Å²) in [5.41, 5.74) is 6.20. The van der Waals surface area contributed by atoms with Crippen LogP contribution in [0.4, 0.5) is 0 Å². The van der Waals surface area contributed by atoms with Gasteiger partial charge in [-0.25, -0.2) is 9.78 Å². The second-order valence-electron chi connectivity index (χ2n) is 11.7. The molecule has 7 rings (SSSR count). The maximum absolute atomic E-state index is 13.7. The van der Waals surface area contributed by atoms with Crippen LogP contribution in [0.2, 0.25) is 0 Å². The molecule has 0 atom stereocenters. The van der Waals surface area contributed by atoms with E-state index < -0.39 is 5.97 Å². The molecule has 0 bridgehead atoms. The van der Waals surface area contributed by atoms with Crippen LogP contribution in [0.1, 0.15) is 58.8 Å². The zero-order valence-corrected chi connectivity index (χ0v) is 25.2. The number of hydrogen-bond donors (Lipinski definition) is 1. The molecule has 7 nitrogen and oxygen atoms in total. The van der Waals surface area contributed by atoms with Crippen LogP contribution in [-0.2, 0) is 16.1 Å². The molecular formula is C35H35N3O4S. The van der Waals surface area contributed by atoms with Crippen molar-refractivity contribution in [1.82, 2.24) is 14.5 Å². The molecule has 1 saturated heterocycles. The van der Waals surface area contributed by atoms with Crippen LogP contribution in [0.15, 0.2) is 60.7 Å². The lowest BCUT2D eigenvalue weighted by Crippen LogP contribution is -2.42. The number of carboxylic acids is 1. The van der Waals surface area contributed by atoms with Gasteiger partial charge in [0.15, 0.2) is 0 Å². The normalized spacial score (nSPS) is 16.3. The number of ether oxygens (including phenoxy) is 1. The van der Waals surface area contributed by atoms with E-state index in [1.54, 1.807) is 23.5 Å². The van der Waals surface area contributed by atoms with E-state index in [9.17, 15) is 14.7 Å². The first-order chi connectivity index (χ1) is 21.0. The molecule has 8 heteroatoms. The van der Waals surface area contributed by atoms with Crippen molar-refractivity contribution >= 4 is 45.0 Å². The number of thiophene rings is 1. The van der Waals surface area contributed by atoms with E-state index in [0.29, 0.717) is 32.2 Å². The van der Waals surface area contributed by atoms with E-state index in [0.717, 1.165) is 56.5 Å². The van der Waals surface area contributed by atoms with E-state index in [1.165, 1.54) is 29.7 Å².